The summed E-state index contributed by atoms with van der Waals surface area (Å²) in [5.74, 6) is -1.88. The van der Waals surface area contributed by atoms with Crippen LogP contribution < -0.4 is 10.2 Å². The number of piperazine rings is 1. The number of amides is 1. The number of nitrogens with zero attached hydrogens (tertiary/aromatic N) is 2. The van der Waals surface area contributed by atoms with Crippen LogP contribution in [0.25, 0.3) is 11.1 Å². The predicted octanol–water partition coefficient (Wildman–Crippen LogP) is 6.75. The average Bonchev–Trinajstić information content (AvgIpc) is 3.02. The molecular formula is C34H34F3N3O3S. The molecule has 1 atom stereocenters. The molecule has 0 spiro atoms. The summed E-state index contributed by atoms with van der Waals surface area (Å²) in [6, 6.07) is 20.1. The lowest BCUT2D eigenvalue weighted by atomic mass is 9.92. The SMILES string of the molecule is CCC(=O)N(c1ccc(F)cc1)c1ccc(F)cc1-c1cccc(F)c1CCC1CNCCN1S(=O)(=O)c1cccc(C)c1. The molecule has 1 aliphatic rings. The summed E-state index contributed by atoms with van der Waals surface area (Å²) in [4.78, 5) is 14.8. The molecule has 5 rings (SSSR count). The second kappa shape index (κ2) is 13.3. The molecule has 0 bridgehead atoms. The van der Waals surface area contributed by atoms with Crippen molar-refractivity contribution in [1.29, 1.82) is 0 Å². The van der Waals surface area contributed by atoms with E-state index >= 15 is 4.39 Å². The predicted molar refractivity (Wildman–Crippen MR) is 166 cm³/mol. The number of halogens is 3. The van der Waals surface area contributed by atoms with Gasteiger partial charge < -0.3 is 5.32 Å². The van der Waals surface area contributed by atoms with Gasteiger partial charge in [0.25, 0.3) is 0 Å². The van der Waals surface area contributed by atoms with Crippen LogP contribution in [0.2, 0.25) is 0 Å². The number of anilines is 2. The number of carbonyl (C=O) groups excluding carboxylic acids is 1. The highest BCUT2D eigenvalue weighted by atomic mass is 32.2. The van der Waals surface area contributed by atoms with Crippen molar-refractivity contribution in [2.45, 2.75) is 44.0 Å². The van der Waals surface area contributed by atoms with E-state index in [2.05, 4.69) is 5.32 Å². The first-order valence-corrected chi connectivity index (χ1v) is 16.0. The van der Waals surface area contributed by atoms with Gasteiger partial charge in [-0.1, -0.05) is 31.2 Å². The summed E-state index contributed by atoms with van der Waals surface area (Å²) in [6.07, 6.45) is 0.568. The van der Waals surface area contributed by atoms with Gasteiger partial charge in [-0.25, -0.2) is 21.6 Å². The lowest BCUT2D eigenvalue weighted by Crippen LogP contribution is -2.53. The molecule has 1 saturated heterocycles. The minimum atomic E-state index is -3.80. The van der Waals surface area contributed by atoms with Gasteiger partial charge in [-0.15, -0.1) is 0 Å². The van der Waals surface area contributed by atoms with Crippen molar-refractivity contribution in [2.75, 3.05) is 24.5 Å². The van der Waals surface area contributed by atoms with Gasteiger partial charge in [-0.3, -0.25) is 9.69 Å². The van der Waals surface area contributed by atoms with Crippen LogP contribution in [0.5, 0.6) is 0 Å². The van der Waals surface area contributed by atoms with Crippen LogP contribution in [0.15, 0.2) is 89.8 Å². The zero-order valence-electron chi connectivity index (χ0n) is 24.6. The fourth-order valence-corrected chi connectivity index (χ4v) is 7.44. The first kappa shape index (κ1) is 31.4. The molecule has 230 valence electrons. The number of hydrogen-bond acceptors (Lipinski definition) is 4. The molecule has 4 aromatic rings. The van der Waals surface area contributed by atoms with Crippen molar-refractivity contribution in [2.24, 2.45) is 0 Å². The largest absolute Gasteiger partial charge is 0.314 e. The van der Waals surface area contributed by atoms with E-state index in [0.717, 1.165) is 5.56 Å². The van der Waals surface area contributed by atoms with Crippen LogP contribution in [-0.4, -0.2) is 44.3 Å². The number of nitrogens with one attached hydrogen (secondary N) is 1. The zero-order valence-corrected chi connectivity index (χ0v) is 25.4. The van der Waals surface area contributed by atoms with E-state index in [4.69, 9.17) is 0 Å². The van der Waals surface area contributed by atoms with E-state index in [-0.39, 0.29) is 41.3 Å². The number of sulfonamides is 1. The van der Waals surface area contributed by atoms with Crippen LogP contribution in [0, 0.1) is 24.4 Å². The van der Waals surface area contributed by atoms with E-state index in [9.17, 15) is 22.0 Å². The van der Waals surface area contributed by atoms with E-state index in [1.165, 1.54) is 63.8 Å². The minimum Gasteiger partial charge on any atom is -0.314 e. The second-order valence-corrected chi connectivity index (χ2v) is 12.7. The smallest absolute Gasteiger partial charge is 0.243 e. The summed E-state index contributed by atoms with van der Waals surface area (Å²) in [7, 11) is -3.80. The maximum absolute atomic E-state index is 15.6. The maximum atomic E-state index is 15.6. The molecular weight excluding hydrogens is 587 g/mol. The molecule has 1 aliphatic heterocycles. The average molecular weight is 622 g/mol. The van der Waals surface area contributed by atoms with Crippen molar-refractivity contribution in [3.8, 4) is 11.1 Å². The molecule has 10 heteroatoms. The Morgan fingerprint density at radius 1 is 0.932 bits per heavy atom. The van der Waals surface area contributed by atoms with Gasteiger partial charge in [0.15, 0.2) is 0 Å². The Morgan fingerprint density at radius 2 is 1.66 bits per heavy atom. The van der Waals surface area contributed by atoms with Crippen LogP contribution in [0.3, 0.4) is 0 Å². The molecule has 0 aromatic heterocycles. The van der Waals surface area contributed by atoms with Gasteiger partial charge in [0.2, 0.25) is 15.9 Å². The standard InChI is InChI=1S/C34H34F3N3O3S/c1-3-34(41)40(26-13-10-24(35)11-14-26)33-17-12-25(36)21-31(33)29-8-5-9-32(37)30(29)16-15-27-22-38-18-19-39(27)44(42,43)28-7-4-6-23(2)20-28/h4-14,17,20-21,27,38H,3,15-16,18-19,22H2,1-2H3. The van der Waals surface area contributed by atoms with Gasteiger partial charge in [0.1, 0.15) is 17.5 Å². The number of carbonyl (C=O) groups is 1. The van der Waals surface area contributed by atoms with Crippen molar-refractivity contribution in [3.05, 3.63) is 114 Å². The minimum absolute atomic E-state index is 0.115. The van der Waals surface area contributed by atoms with Crippen LogP contribution in [-0.2, 0) is 21.2 Å². The summed E-state index contributed by atoms with van der Waals surface area (Å²) in [5, 5.41) is 3.25. The molecule has 1 unspecified atom stereocenters. The van der Waals surface area contributed by atoms with Crippen LogP contribution in [0.1, 0.15) is 30.9 Å². The molecule has 0 saturated carbocycles. The Labute approximate surface area is 256 Å². The topological polar surface area (TPSA) is 69.7 Å². The lowest BCUT2D eigenvalue weighted by molar-refractivity contribution is -0.117. The van der Waals surface area contributed by atoms with E-state index < -0.39 is 33.5 Å². The monoisotopic (exact) mass is 621 g/mol. The van der Waals surface area contributed by atoms with Crippen molar-refractivity contribution in [3.63, 3.8) is 0 Å². The molecule has 0 radical (unpaired) electrons. The lowest BCUT2D eigenvalue weighted by Gasteiger charge is -2.35. The molecule has 44 heavy (non-hydrogen) atoms. The summed E-state index contributed by atoms with van der Waals surface area (Å²) in [6.45, 7) is 4.67. The third-order valence-electron chi connectivity index (χ3n) is 7.87. The van der Waals surface area contributed by atoms with Gasteiger partial charge >= 0.3 is 0 Å². The molecule has 4 aromatic carbocycles. The summed E-state index contributed by atoms with van der Waals surface area (Å²) < 4.78 is 72.9. The third-order valence-corrected chi connectivity index (χ3v) is 9.81. The zero-order chi connectivity index (χ0) is 31.4. The van der Waals surface area contributed by atoms with Gasteiger partial charge in [-0.05, 0) is 97.1 Å². The molecule has 1 amide bonds. The Bertz CT molecular complexity index is 1760. The van der Waals surface area contributed by atoms with Gasteiger partial charge in [0, 0.05) is 43.3 Å². The second-order valence-electron chi connectivity index (χ2n) is 10.8. The van der Waals surface area contributed by atoms with Crippen molar-refractivity contribution >= 4 is 27.3 Å². The fourth-order valence-electron chi connectivity index (χ4n) is 5.68. The molecule has 1 heterocycles. The van der Waals surface area contributed by atoms with Crippen molar-refractivity contribution < 1.29 is 26.4 Å². The summed E-state index contributed by atoms with van der Waals surface area (Å²) >= 11 is 0. The normalized spacial score (nSPS) is 15.7. The highest BCUT2D eigenvalue weighted by molar-refractivity contribution is 7.89. The van der Waals surface area contributed by atoms with Gasteiger partial charge in [0.05, 0.1) is 10.6 Å². The Kier molecular flexibility index (Phi) is 9.53. The Balaban J connectivity index is 1.53. The molecule has 1 N–H and O–H groups in total. The van der Waals surface area contributed by atoms with Crippen LogP contribution in [0.4, 0.5) is 24.5 Å². The van der Waals surface area contributed by atoms with E-state index in [0.29, 0.717) is 36.4 Å². The third kappa shape index (κ3) is 6.57. The maximum Gasteiger partial charge on any atom is 0.243 e. The Morgan fingerprint density at radius 3 is 2.39 bits per heavy atom. The number of rotatable bonds is 9. The number of hydrogen-bond donors (Lipinski definition) is 1. The first-order valence-electron chi connectivity index (χ1n) is 14.5. The fraction of sp³-hybridized carbons (Fsp3) is 0.265. The molecule has 0 aliphatic carbocycles. The number of benzene rings is 4. The van der Waals surface area contributed by atoms with E-state index in [1.54, 1.807) is 31.2 Å². The molecule has 6 nitrogen and oxygen atoms in total. The highest BCUT2D eigenvalue weighted by Crippen LogP contribution is 2.39. The first-order chi connectivity index (χ1) is 21.1. The molecule has 1 fully saturated rings. The van der Waals surface area contributed by atoms with Gasteiger partial charge in [-0.2, -0.15) is 4.31 Å². The summed E-state index contributed by atoms with van der Waals surface area (Å²) in [5.41, 5.74) is 2.48. The van der Waals surface area contributed by atoms with Crippen molar-refractivity contribution in [1.82, 2.24) is 9.62 Å². The quantitative estimate of drug-likeness (QED) is 0.225. The number of aryl methyl sites for hydroxylation is 1. The Hall–Kier alpha value is -3.99. The van der Waals surface area contributed by atoms with E-state index in [1.807, 2.05) is 13.0 Å². The highest BCUT2D eigenvalue weighted by Gasteiger charge is 2.34. The van der Waals surface area contributed by atoms with Crippen LogP contribution >= 0.6 is 0 Å².